The van der Waals surface area contributed by atoms with Crippen LogP contribution in [0.25, 0.3) is 5.57 Å². The van der Waals surface area contributed by atoms with Gasteiger partial charge in [-0.2, -0.15) is 0 Å². The van der Waals surface area contributed by atoms with Crippen LogP contribution in [-0.2, 0) is 6.42 Å². The first-order chi connectivity index (χ1) is 11.7. The van der Waals surface area contributed by atoms with Gasteiger partial charge in [-0.25, -0.2) is 0 Å². The van der Waals surface area contributed by atoms with E-state index < -0.39 is 0 Å². The number of rotatable bonds is 8. The summed E-state index contributed by atoms with van der Waals surface area (Å²) >= 11 is 0. The van der Waals surface area contributed by atoms with E-state index in [4.69, 9.17) is 10.5 Å². The van der Waals surface area contributed by atoms with Crippen LogP contribution >= 0.6 is 0 Å². The number of methoxy groups -OCH3 is 1. The number of hydrogen-bond acceptors (Lipinski definition) is 3. The third-order valence-electron chi connectivity index (χ3n) is 4.00. The number of nitrogens with two attached hydrogens (primary N) is 1. The molecule has 0 aliphatic heterocycles. The van der Waals surface area contributed by atoms with Gasteiger partial charge in [0.2, 0.25) is 0 Å². The third kappa shape index (κ3) is 4.95. The van der Waals surface area contributed by atoms with Crippen molar-refractivity contribution in [2.45, 2.75) is 12.8 Å². The predicted octanol–water partition coefficient (Wildman–Crippen LogP) is 3.58. The number of ether oxygens (including phenoxy) is 1. The predicted molar refractivity (Wildman–Crippen MR) is 102 cm³/mol. The van der Waals surface area contributed by atoms with E-state index in [1.54, 1.807) is 7.11 Å². The lowest BCUT2D eigenvalue weighted by molar-refractivity contribution is 0.413. The molecule has 24 heavy (non-hydrogen) atoms. The second kappa shape index (κ2) is 9.26. The van der Waals surface area contributed by atoms with E-state index in [2.05, 4.69) is 61.5 Å². The van der Waals surface area contributed by atoms with Gasteiger partial charge in [0.25, 0.3) is 0 Å². The van der Waals surface area contributed by atoms with E-state index in [1.165, 1.54) is 16.7 Å². The maximum absolute atomic E-state index is 5.73. The highest BCUT2D eigenvalue weighted by molar-refractivity contribution is 5.83. The van der Waals surface area contributed by atoms with Crippen LogP contribution in [0.3, 0.4) is 0 Å². The van der Waals surface area contributed by atoms with Gasteiger partial charge in [-0.3, -0.25) is 0 Å². The minimum absolute atomic E-state index is 0.650. The van der Waals surface area contributed by atoms with Gasteiger partial charge in [-0.05, 0) is 62.3 Å². The molecule has 2 rings (SSSR count). The summed E-state index contributed by atoms with van der Waals surface area (Å²) in [6.45, 7) is 1.66. The molecule has 0 fully saturated rings. The monoisotopic (exact) mass is 324 g/mol. The van der Waals surface area contributed by atoms with E-state index in [9.17, 15) is 0 Å². The Hall–Kier alpha value is -2.10. The lowest BCUT2D eigenvalue weighted by Crippen LogP contribution is -2.12. The zero-order chi connectivity index (χ0) is 17.4. The second-order valence-corrected chi connectivity index (χ2v) is 6.15. The molecule has 0 unspecified atom stereocenters. The average Bonchev–Trinajstić information content (AvgIpc) is 2.59. The number of hydrogen-bond donors (Lipinski definition) is 1. The summed E-state index contributed by atoms with van der Waals surface area (Å²) in [5.41, 5.74) is 10.5. The van der Waals surface area contributed by atoms with Crippen molar-refractivity contribution in [3.63, 3.8) is 0 Å². The molecule has 0 saturated heterocycles. The number of benzene rings is 2. The molecule has 0 aromatic heterocycles. The van der Waals surface area contributed by atoms with Crippen molar-refractivity contribution in [2.24, 2.45) is 5.73 Å². The molecule has 0 amide bonds. The average molecular weight is 324 g/mol. The molecule has 0 heterocycles. The van der Waals surface area contributed by atoms with Gasteiger partial charge in [0.15, 0.2) is 0 Å². The third-order valence-corrected chi connectivity index (χ3v) is 4.00. The zero-order valence-electron chi connectivity index (χ0n) is 15.0. The lowest BCUT2D eigenvalue weighted by atomic mass is 9.94. The van der Waals surface area contributed by atoms with Gasteiger partial charge in [0.1, 0.15) is 5.75 Å². The highest BCUT2D eigenvalue weighted by Gasteiger charge is 2.12. The topological polar surface area (TPSA) is 38.5 Å². The largest absolute Gasteiger partial charge is 0.496 e. The molecular weight excluding hydrogens is 296 g/mol. The van der Waals surface area contributed by atoms with Crippen molar-refractivity contribution < 1.29 is 4.74 Å². The highest BCUT2D eigenvalue weighted by Crippen LogP contribution is 2.32. The maximum Gasteiger partial charge on any atom is 0.126 e. The fourth-order valence-corrected chi connectivity index (χ4v) is 2.76. The quantitative estimate of drug-likeness (QED) is 0.806. The molecule has 0 aliphatic rings. The smallest absolute Gasteiger partial charge is 0.126 e. The summed E-state index contributed by atoms with van der Waals surface area (Å²) in [7, 11) is 5.92. The first kappa shape index (κ1) is 18.2. The van der Waals surface area contributed by atoms with Gasteiger partial charge in [-0.1, -0.05) is 42.5 Å². The summed E-state index contributed by atoms with van der Waals surface area (Å²) < 4.78 is 5.63. The van der Waals surface area contributed by atoms with Crippen molar-refractivity contribution in [1.29, 1.82) is 0 Å². The molecule has 3 heteroatoms. The molecule has 3 nitrogen and oxygen atoms in total. The summed E-state index contributed by atoms with van der Waals surface area (Å²) in [5.74, 6) is 0.899. The van der Waals surface area contributed by atoms with Crippen molar-refractivity contribution in [3.05, 3.63) is 71.3 Å². The molecule has 0 radical (unpaired) electrons. The van der Waals surface area contributed by atoms with Crippen molar-refractivity contribution in [1.82, 2.24) is 4.90 Å². The Balaban J connectivity index is 2.48. The first-order valence-corrected chi connectivity index (χ1v) is 8.43. The molecule has 2 N–H and O–H groups in total. The minimum Gasteiger partial charge on any atom is -0.496 e. The molecule has 128 valence electrons. The van der Waals surface area contributed by atoms with Crippen LogP contribution < -0.4 is 10.5 Å². The summed E-state index contributed by atoms with van der Waals surface area (Å²) in [4.78, 5) is 2.20. The first-order valence-electron chi connectivity index (χ1n) is 8.43. The minimum atomic E-state index is 0.650. The normalized spacial score (nSPS) is 11.8. The Kier molecular flexibility index (Phi) is 7.04. The van der Waals surface area contributed by atoms with Crippen molar-refractivity contribution in [3.8, 4) is 5.75 Å². The standard InChI is InChI=1S/C21H28N2O/c1-23(2)15-7-10-19(18-8-5-4-6-9-18)20-16-17(13-14-22)11-12-21(20)24-3/h4-6,8-12,16H,7,13-15,22H2,1-3H3/b19-10-. The van der Waals surface area contributed by atoms with E-state index >= 15 is 0 Å². The van der Waals surface area contributed by atoms with Crippen molar-refractivity contribution >= 4 is 5.57 Å². The van der Waals surface area contributed by atoms with E-state index in [0.29, 0.717) is 6.54 Å². The van der Waals surface area contributed by atoms with Crippen LogP contribution in [-0.4, -0.2) is 39.2 Å². The molecule has 2 aromatic rings. The summed E-state index contributed by atoms with van der Waals surface area (Å²) in [6.07, 6.45) is 4.16. The molecule has 0 spiro atoms. The van der Waals surface area contributed by atoms with Crippen LogP contribution in [0.2, 0.25) is 0 Å². The molecule has 0 aliphatic carbocycles. The van der Waals surface area contributed by atoms with Gasteiger partial charge < -0.3 is 15.4 Å². The van der Waals surface area contributed by atoms with E-state index in [0.717, 1.165) is 30.7 Å². The Bertz CT molecular complexity index is 663. The van der Waals surface area contributed by atoms with Gasteiger partial charge in [0, 0.05) is 12.1 Å². The molecule has 2 aromatic carbocycles. The van der Waals surface area contributed by atoms with Crippen LogP contribution in [0.1, 0.15) is 23.1 Å². The summed E-state index contributed by atoms with van der Waals surface area (Å²) in [5, 5.41) is 0. The molecule has 0 atom stereocenters. The van der Waals surface area contributed by atoms with Gasteiger partial charge >= 0.3 is 0 Å². The van der Waals surface area contributed by atoms with Crippen LogP contribution in [0.4, 0.5) is 0 Å². The second-order valence-electron chi connectivity index (χ2n) is 6.15. The molecular formula is C21H28N2O. The number of nitrogens with zero attached hydrogens (tertiary/aromatic N) is 1. The van der Waals surface area contributed by atoms with E-state index in [-0.39, 0.29) is 0 Å². The highest BCUT2D eigenvalue weighted by atomic mass is 16.5. The van der Waals surface area contributed by atoms with E-state index in [1.807, 2.05) is 12.1 Å². The summed E-state index contributed by atoms with van der Waals surface area (Å²) in [6, 6.07) is 16.8. The zero-order valence-corrected chi connectivity index (χ0v) is 15.0. The Morgan fingerprint density at radius 3 is 2.50 bits per heavy atom. The van der Waals surface area contributed by atoms with Crippen LogP contribution in [0, 0.1) is 0 Å². The van der Waals surface area contributed by atoms with Crippen LogP contribution in [0.15, 0.2) is 54.6 Å². The maximum atomic E-state index is 5.73. The van der Waals surface area contributed by atoms with Crippen molar-refractivity contribution in [2.75, 3.05) is 34.3 Å². The molecule has 0 bridgehead atoms. The fraction of sp³-hybridized carbons (Fsp3) is 0.333. The molecule has 0 saturated carbocycles. The fourth-order valence-electron chi connectivity index (χ4n) is 2.76. The Morgan fingerprint density at radius 2 is 1.88 bits per heavy atom. The Labute approximate surface area is 145 Å². The lowest BCUT2D eigenvalue weighted by Gasteiger charge is -2.15. The van der Waals surface area contributed by atoms with Gasteiger partial charge in [-0.15, -0.1) is 0 Å². The SMILES string of the molecule is COc1ccc(CCN)cc1/C(=C\CCN(C)C)c1ccccc1. The van der Waals surface area contributed by atoms with Crippen LogP contribution in [0.5, 0.6) is 5.75 Å². The Morgan fingerprint density at radius 1 is 1.12 bits per heavy atom. The van der Waals surface area contributed by atoms with Gasteiger partial charge in [0.05, 0.1) is 7.11 Å².